The van der Waals surface area contributed by atoms with Gasteiger partial charge in [-0.25, -0.2) is 12.7 Å². The summed E-state index contributed by atoms with van der Waals surface area (Å²) in [6, 6.07) is 0. The summed E-state index contributed by atoms with van der Waals surface area (Å²) in [5.41, 5.74) is 0. The summed E-state index contributed by atoms with van der Waals surface area (Å²) in [5.74, 6) is 0.285. The van der Waals surface area contributed by atoms with E-state index < -0.39 is 10.0 Å². The fourth-order valence-corrected chi connectivity index (χ4v) is 3.84. The van der Waals surface area contributed by atoms with E-state index in [0.29, 0.717) is 6.54 Å². The summed E-state index contributed by atoms with van der Waals surface area (Å²) in [5, 5.41) is 3.27. The number of hydrogen-bond acceptors (Lipinski definition) is 4. The molecule has 0 saturated carbocycles. The third-order valence-corrected chi connectivity index (χ3v) is 5.18. The molecular formula is C10H21N3O2S. The fraction of sp³-hybridized carbons (Fsp3) is 1.00. The van der Waals surface area contributed by atoms with Gasteiger partial charge in [-0.3, -0.25) is 4.90 Å². The topological polar surface area (TPSA) is 52.7 Å². The predicted octanol–water partition coefficient (Wildman–Crippen LogP) is -0.683. The van der Waals surface area contributed by atoms with Crippen molar-refractivity contribution < 1.29 is 8.42 Å². The van der Waals surface area contributed by atoms with Gasteiger partial charge in [0, 0.05) is 45.8 Å². The molecule has 0 radical (unpaired) electrons. The fourth-order valence-electron chi connectivity index (χ4n) is 2.27. The van der Waals surface area contributed by atoms with Crippen LogP contribution in [0.2, 0.25) is 0 Å². The molecule has 0 unspecified atom stereocenters. The number of hydrogen-bond donors (Lipinski definition) is 1. The Morgan fingerprint density at radius 2 is 1.62 bits per heavy atom. The van der Waals surface area contributed by atoms with Crippen LogP contribution in [-0.4, -0.2) is 69.2 Å². The molecule has 0 amide bonds. The molecule has 94 valence electrons. The minimum absolute atomic E-state index is 0.285. The first-order valence-electron chi connectivity index (χ1n) is 6.09. The zero-order chi connectivity index (χ0) is 11.4. The second kappa shape index (κ2) is 5.44. The van der Waals surface area contributed by atoms with Gasteiger partial charge in [0.25, 0.3) is 0 Å². The second-order valence-corrected chi connectivity index (χ2v) is 6.60. The van der Waals surface area contributed by atoms with Gasteiger partial charge in [0.2, 0.25) is 10.0 Å². The average molecular weight is 247 g/mol. The highest BCUT2D eigenvalue weighted by atomic mass is 32.2. The number of nitrogens with zero attached hydrogens (tertiary/aromatic N) is 2. The zero-order valence-electron chi connectivity index (χ0n) is 9.69. The van der Waals surface area contributed by atoms with E-state index in [0.717, 1.165) is 52.1 Å². The lowest BCUT2D eigenvalue weighted by Crippen LogP contribution is -2.46. The maximum atomic E-state index is 12.0. The summed E-state index contributed by atoms with van der Waals surface area (Å²) < 4.78 is 25.6. The summed E-state index contributed by atoms with van der Waals surface area (Å²) in [7, 11) is -2.99. The highest BCUT2D eigenvalue weighted by Crippen LogP contribution is 2.13. The number of sulfonamides is 1. The Kier molecular flexibility index (Phi) is 4.18. The van der Waals surface area contributed by atoms with Gasteiger partial charge in [0.05, 0.1) is 5.75 Å². The molecule has 2 saturated heterocycles. The summed E-state index contributed by atoms with van der Waals surface area (Å²) in [6.45, 7) is 6.02. The van der Waals surface area contributed by atoms with E-state index in [9.17, 15) is 8.42 Å². The molecule has 0 aromatic carbocycles. The second-order valence-electron chi connectivity index (χ2n) is 4.51. The lowest BCUT2D eigenvalue weighted by Gasteiger charge is -2.27. The Balaban J connectivity index is 1.79. The molecule has 0 aliphatic carbocycles. The molecule has 0 spiro atoms. The van der Waals surface area contributed by atoms with Crippen molar-refractivity contribution in [3.8, 4) is 0 Å². The third kappa shape index (κ3) is 3.16. The first-order chi connectivity index (χ1) is 7.68. The Labute approximate surface area is 97.8 Å². The van der Waals surface area contributed by atoms with Crippen LogP contribution in [-0.2, 0) is 10.0 Å². The van der Waals surface area contributed by atoms with E-state index in [4.69, 9.17) is 0 Å². The van der Waals surface area contributed by atoms with Crippen LogP contribution in [0.1, 0.15) is 12.8 Å². The lowest BCUT2D eigenvalue weighted by atomic mass is 10.4. The number of piperazine rings is 1. The molecule has 2 aliphatic heterocycles. The Morgan fingerprint density at radius 1 is 1.00 bits per heavy atom. The Hall–Kier alpha value is -0.170. The van der Waals surface area contributed by atoms with Gasteiger partial charge in [0.15, 0.2) is 0 Å². The minimum Gasteiger partial charge on any atom is -0.314 e. The van der Waals surface area contributed by atoms with Crippen molar-refractivity contribution in [2.75, 3.05) is 51.6 Å². The maximum absolute atomic E-state index is 12.0. The normalized spacial score (nSPS) is 25.0. The van der Waals surface area contributed by atoms with Crippen LogP contribution < -0.4 is 5.32 Å². The van der Waals surface area contributed by atoms with Gasteiger partial charge < -0.3 is 5.32 Å². The standard InChI is InChI=1S/C10H21N3O2S/c14-16(15,13-5-1-2-6-13)10-9-12-7-3-11-4-8-12/h11H,1-10H2. The van der Waals surface area contributed by atoms with Crippen LogP contribution in [0.15, 0.2) is 0 Å². The monoisotopic (exact) mass is 247 g/mol. The molecule has 2 rings (SSSR count). The largest absolute Gasteiger partial charge is 0.314 e. The molecule has 0 atom stereocenters. The van der Waals surface area contributed by atoms with Gasteiger partial charge in [-0.1, -0.05) is 0 Å². The first-order valence-corrected chi connectivity index (χ1v) is 7.70. The molecule has 0 bridgehead atoms. The predicted molar refractivity (Wildman–Crippen MR) is 63.9 cm³/mol. The van der Waals surface area contributed by atoms with Gasteiger partial charge in [-0.15, -0.1) is 0 Å². The van der Waals surface area contributed by atoms with Gasteiger partial charge in [-0.2, -0.15) is 0 Å². The van der Waals surface area contributed by atoms with Crippen molar-refractivity contribution in [1.29, 1.82) is 0 Å². The lowest BCUT2D eigenvalue weighted by molar-refractivity contribution is 0.252. The molecule has 16 heavy (non-hydrogen) atoms. The third-order valence-electron chi connectivity index (χ3n) is 3.33. The minimum atomic E-state index is -2.99. The summed E-state index contributed by atoms with van der Waals surface area (Å²) in [4.78, 5) is 2.23. The van der Waals surface area contributed by atoms with Gasteiger partial charge in [-0.05, 0) is 12.8 Å². The van der Waals surface area contributed by atoms with Gasteiger partial charge >= 0.3 is 0 Å². The number of nitrogens with one attached hydrogen (secondary N) is 1. The highest BCUT2D eigenvalue weighted by Gasteiger charge is 2.25. The molecule has 2 heterocycles. The molecule has 0 aromatic rings. The Bertz CT molecular complexity index is 306. The highest BCUT2D eigenvalue weighted by molar-refractivity contribution is 7.89. The molecule has 0 aromatic heterocycles. The molecular weight excluding hydrogens is 226 g/mol. The first kappa shape index (κ1) is 12.3. The van der Waals surface area contributed by atoms with Crippen molar-refractivity contribution in [2.24, 2.45) is 0 Å². The van der Waals surface area contributed by atoms with Crippen molar-refractivity contribution in [3.63, 3.8) is 0 Å². The maximum Gasteiger partial charge on any atom is 0.215 e. The zero-order valence-corrected chi connectivity index (χ0v) is 10.5. The Morgan fingerprint density at radius 3 is 2.25 bits per heavy atom. The molecule has 2 fully saturated rings. The average Bonchev–Trinajstić information content (AvgIpc) is 2.82. The van der Waals surface area contributed by atoms with Crippen molar-refractivity contribution >= 4 is 10.0 Å². The van der Waals surface area contributed by atoms with E-state index in [-0.39, 0.29) is 5.75 Å². The summed E-state index contributed by atoms with van der Waals surface area (Å²) >= 11 is 0. The van der Waals surface area contributed by atoms with Crippen LogP contribution in [0.3, 0.4) is 0 Å². The SMILES string of the molecule is O=S(=O)(CCN1CCNCC1)N1CCCC1. The van der Waals surface area contributed by atoms with Gasteiger partial charge in [0.1, 0.15) is 0 Å². The van der Waals surface area contributed by atoms with E-state index in [1.165, 1.54) is 0 Å². The van der Waals surface area contributed by atoms with E-state index in [2.05, 4.69) is 10.2 Å². The van der Waals surface area contributed by atoms with Crippen molar-refractivity contribution in [3.05, 3.63) is 0 Å². The van der Waals surface area contributed by atoms with E-state index >= 15 is 0 Å². The number of rotatable bonds is 4. The van der Waals surface area contributed by atoms with Crippen LogP contribution in [0.5, 0.6) is 0 Å². The van der Waals surface area contributed by atoms with Crippen LogP contribution in [0, 0.1) is 0 Å². The van der Waals surface area contributed by atoms with Crippen LogP contribution >= 0.6 is 0 Å². The molecule has 6 heteroatoms. The van der Waals surface area contributed by atoms with Crippen LogP contribution in [0.25, 0.3) is 0 Å². The molecule has 1 N–H and O–H groups in total. The molecule has 2 aliphatic rings. The van der Waals surface area contributed by atoms with Crippen molar-refractivity contribution in [2.45, 2.75) is 12.8 Å². The quantitative estimate of drug-likeness (QED) is 0.715. The van der Waals surface area contributed by atoms with Crippen LogP contribution in [0.4, 0.5) is 0 Å². The summed E-state index contributed by atoms with van der Waals surface area (Å²) in [6.07, 6.45) is 2.04. The van der Waals surface area contributed by atoms with E-state index in [1.54, 1.807) is 4.31 Å². The molecule has 5 nitrogen and oxygen atoms in total. The van der Waals surface area contributed by atoms with Crippen molar-refractivity contribution in [1.82, 2.24) is 14.5 Å². The smallest absolute Gasteiger partial charge is 0.215 e. The van der Waals surface area contributed by atoms with E-state index in [1.807, 2.05) is 0 Å².